The fourth-order valence-corrected chi connectivity index (χ4v) is 3.72. The van der Waals surface area contributed by atoms with E-state index in [-0.39, 0.29) is 5.78 Å². The molecule has 0 saturated carbocycles. The number of aryl methyl sites for hydroxylation is 1. The zero-order chi connectivity index (χ0) is 23.4. The molecule has 0 spiro atoms. The Hall–Kier alpha value is -3.99. The number of benzene rings is 3. The van der Waals surface area contributed by atoms with E-state index in [1.165, 1.54) is 0 Å². The average Bonchev–Trinajstić information content (AvgIpc) is 2.86. The molecule has 0 radical (unpaired) electrons. The van der Waals surface area contributed by atoms with Crippen LogP contribution < -0.4 is 4.74 Å². The fourth-order valence-electron chi connectivity index (χ4n) is 3.72. The third-order valence-electron chi connectivity index (χ3n) is 5.54. The molecule has 0 aliphatic carbocycles. The van der Waals surface area contributed by atoms with Gasteiger partial charge in [0.05, 0.1) is 23.9 Å². The lowest BCUT2D eigenvalue weighted by molar-refractivity contribution is 0.0279. The Morgan fingerprint density at radius 1 is 0.939 bits per heavy atom. The van der Waals surface area contributed by atoms with E-state index in [9.17, 15) is 9.59 Å². The smallest absolute Gasteiger partial charge is 0.339 e. The minimum absolute atomic E-state index is 0.212. The highest BCUT2D eigenvalue weighted by Crippen LogP contribution is 2.28. The van der Waals surface area contributed by atoms with Gasteiger partial charge >= 0.3 is 5.97 Å². The Morgan fingerprint density at radius 2 is 1.67 bits per heavy atom. The van der Waals surface area contributed by atoms with E-state index in [4.69, 9.17) is 14.5 Å². The number of hydrogen-bond donors (Lipinski definition) is 0. The monoisotopic (exact) mass is 439 g/mol. The highest BCUT2D eigenvalue weighted by Gasteiger charge is 2.25. The van der Waals surface area contributed by atoms with Crippen LogP contribution in [0.2, 0.25) is 0 Å². The highest BCUT2D eigenvalue weighted by atomic mass is 16.5. The number of carbonyl (C=O) groups is 2. The average molecular weight is 440 g/mol. The predicted molar refractivity (Wildman–Crippen MR) is 129 cm³/mol. The summed E-state index contributed by atoms with van der Waals surface area (Å²) >= 11 is 0. The van der Waals surface area contributed by atoms with Gasteiger partial charge in [-0.25, -0.2) is 9.78 Å². The Labute approximate surface area is 193 Å². The van der Waals surface area contributed by atoms with Gasteiger partial charge in [-0.2, -0.15) is 0 Å². The normalized spacial score (nSPS) is 11.7. The minimum Gasteiger partial charge on any atom is -0.497 e. The molecule has 1 atom stereocenters. The summed E-state index contributed by atoms with van der Waals surface area (Å²) in [6.45, 7) is 3.79. The first kappa shape index (κ1) is 22.2. The highest BCUT2D eigenvalue weighted by molar-refractivity contribution is 6.07. The topological polar surface area (TPSA) is 65.5 Å². The van der Waals surface area contributed by atoms with Gasteiger partial charge in [0.25, 0.3) is 0 Å². The maximum Gasteiger partial charge on any atom is 0.339 e. The van der Waals surface area contributed by atoms with Crippen molar-refractivity contribution >= 4 is 22.7 Å². The summed E-state index contributed by atoms with van der Waals surface area (Å²) in [6, 6.07) is 23.9. The van der Waals surface area contributed by atoms with E-state index < -0.39 is 12.1 Å². The van der Waals surface area contributed by atoms with Crippen molar-refractivity contribution in [2.24, 2.45) is 0 Å². The molecule has 0 saturated heterocycles. The van der Waals surface area contributed by atoms with Crippen molar-refractivity contribution in [3.05, 3.63) is 95.6 Å². The lowest BCUT2D eigenvalue weighted by Crippen LogP contribution is -2.27. The Kier molecular flexibility index (Phi) is 6.50. The number of fused-ring (bicyclic) bond motifs is 1. The van der Waals surface area contributed by atoms with Crippen LogP contribution in [0.5, 0.6) is 5.75 Å². The number of nitrogens with zero attached hydrogens (tertiary/aromatic N) is 1. The quantitative estimate of drug-likeness (QED) is 0.260. The van der Waals surface area contributed by atoms with Gasteiger partial charge in [-0.1, -0.05) is 48.9 Å². The number of esters is 1. The molecule has 0 unspecified atom stereocenters. The van der Waals surface area contributed by atoms with Crippen LogP contribution in [-0.2, 0) is 4.74 Å². The molecule has 5 heteroatoms. The second kappa shape index (κ2) is 9.65. The first-order valence-electron chi connectivity index (χ1n) is 10.9. The van der Waals surface area contributed by atoms with Gasteiger partial charge in [-0.15, -0.1) is 0 Å². The summed E-state index contributed by atoms with van der Waals surface area (Å²) in [5.41, 5.74) is 4.08. The van der Waals surface area contributed by atoms with E-state index in [0.29, 0.717) is 34.1 Å². The predicted octanol–water partition coefficient (Wildman–Crippen LogP) is 6.04. The minimum atomic E-state index is -0.864. The summed E-state index contributed by atoms with van der Waals surface area (Å²) in [5.74, 6) is -0.0183. The fraction of sp³-hybridized carbons (Fsp3) is 0.179. The van der Waals surface area contributed by atoms with E-state index in [1.54, 1.807) is 37.4 Å². The SMILES string of the molecule is CC[C@H](OC(=O)c1cc(-c2ccc(OC)cc2)nc2ccc(C)cc12)C(=O)c1ccccc1. The summed E-state index contributed by atoms with van der Waals surface area (Å²) in [7, 11) is 1.61. The molecule has 3 aromatic carbocycles. The maximum absolute atomic E-state index is 13.3. The van der Waals surface area contributed by atoms with Crippen molar-refractivity contribution in [3.8, 4) is 17.0 Å². The number of aromatic nitrogens is 1. The van der Waals surface area contributed by atoms with Crippen LogP contribution in [0, 0.1) is 6.92 Å². The molecule has 0 N–H and O–H groups in total. The molecule has 4 rings (SSSR count). The molecular weight excluding hydrogens is 414 g/mol. The largest absolute Gasteiger partial charge is 0.497 e. The molecule has 4 aromatic rings. The van der Waals surface area contributed by atoms with Gasteiger partial charge in [-0.05, 0) is 55.8 Å². The molecule has 166 valence electrons. The number of Topliss-reactive ketones (excluding diaryl/α,β-unsaturated/α-hetero) is 1. The second-order valence-electron chi connectivity index (χ2n) is 7.84. The van der Waals surface area contributed by atoms with Crippen LogP contribution in [0.25, 0.3) is 22.2 Å². The van der Waals surface area contributed by atoms with Gasteiger partial charge in [0.1, 0.15) is 5.75 Å². The van der Waals surface area contributed by atoms with E-state index in [2.05, 4.69) is 0 Å². The summed E-state index contributed by atoms with van der Waals surface area (Å²) < 4.78 is 11.0. The van der Waals surface area contributed by atoms with Crippen LogP contribution >= 0.6 is 0 Å². The molecule has 0 aliphatic rings. The molecule has 1 heterocycles. The van der Waals surface area contributed by atoms with Crippen molar-refractivity contribution in [1.29, 1.82) is 0 Å². The van der Waals surface area contributed by atoms with Crippen LogP contribution in [0.4, 0.5) is 0 Å². The van der Waals surface area contributed by atoms with Gasteiger partial charge in [0, 0.05) is 16.5 Å². The number of pyridine rings is 1. The molecule has 0 aliphatic heterocycles. The standard InChI is InChI=1S/C28H25NO4/c1-4-26(27(30)20-8-6-5-7-9-20)33-28(31)23-17-25(19-11-13-21(32-3)14-12-19)29-24-15-10-18(2)16-22(23)24/h5-17,26H,4H2,1-3H3/t26-/m0/s1. The first-order chi connectivity index (χ1) is 16.0. The third-order valence-corrected chi connectivity index (χ3v) is 5.54. The Morgan fingerprint density at radius 3 is 2.33 bits per heavy atom. The maximum atomic E-state index is 13.3. The zero-order valence-corrected chi connectivity index (χ0v) is 18.9. The molecule has 1 aromatic heterocycles. The van der Waals surface area contributed by atoms with Gasteiger partial charge < -0.3 is 9.47 Å². The van der Waals surface area contributed by atoms with Crippen LogP contribution in [-0.4, -0.2) is 30.0 Å². The van der Waals surface area contributed by atoms with Gasteiger partial charge in [0.15, 0.2) is 6.10 Å². The van der Waals surface area contributed by atoms with Crippen molar-refractivity contribution < 1.29 is 19.1 Å². The number of ether oxygens (including phenoxy) is 2. The molecular formula is C28H25NO4. The zero-order valence-electron chi connectivity index (χ0n) is 18.9. The molecule has 0 fully saturated rings. The summed E-state index contributed by atoms with van der Waals surface area (Å²) in [4.78, 5) is 31.0. The Balaban J connectivity index is 1.73. The number of rotatable bonds is 7. The number of carbonyl (C=O) groups excluding carboxylic acids is 2. The molecule has 0 bridgehead atoms. The van der Waals surface area contributed by atoms with Gasteiger partial charge in [-0.3, -0.25) is 4.79 Å². The van der Waals surface area contributed by atoms with Crippen molar-refractivity contribution in [2.75, 3.05) is 7.11 Å². The van der Waals surface area contributed by atoms with Crippen LogP contribution in [0.3, 0.4) is 0 Å². The van der Waals surface area contributed by atoms with E-state index in [0.717, 1.165) is 16.9 Å². The van der Waals surface area contributed by atoms with E-state index >= 15 is 0 Å². The second-order valence-corrected chi connectivity index (χ2v) is 7.84. The number of ketones is 1. The van der Waals surface area contributed by atoms with Gasteiger partial charge in [0.2, 0.25) is 5.78 Å². The third kappa shape index (κ3) is 4.77. The van der Waals surface area contributed by atoms with Crippen molar-refractivity contribution in [3.63, 3.8) is 0 Å². The number of hydrogen-bond acceptors (Lipinski definition) is 5. The summed E-state index contributed by atoms with van der Waals surface area (Å²) in [5, 5.41) is 0.694. The van der Waals surface area contributed by atoms with Crippen molar-refractivity contribution in [1.82, 2.24) is 4.98 Å². The van der Waals surface area contributed by atoms with Crippen LogP contribution in [0.1, 0.15) is 39.6 Å². The molecule has 5 nitrogen and oxygen atoms in total. The molecule has 0 amide bonds. The molecule has 33 heavy (non-hydrogen) atoms. The summed E-state index contributed by atoms with van der Waals surface area (Å²) in [6.07, 6.45) is -0.482. The van der Waals surface area contributed by atoms with E-state index in [1.807, 2.05) is 62.4 Å². The lowest BCUT2D eigenvalue weighted by Gasteiger charge is -2.17. The van der Waals surface area contributed by atoms with Crippen LogP contribution in [0.15, 0.2) is 78.9 Å². The lowest BCUT2D eigenvalue weighted by atomic mass is 10.0. The number of methoxy groups -OCH3 is 1. The van der Waals surface area contributed by atoms with Crippen molar-refractivity contribution in [2.45, 2.75) is 26.4 Å². The first-order valence-corrected chi connectivity index (χ1v) is 10.9. The Bertz CT molecular complexity index is 1300.